The molecule has 1 aliphatic carbocycles. The van der Waals surface area contributed by atoms with Gasteiger partial charge in [-0.3, -0.25) is 4.99 Å². The van der Waals surface area contributed by atoms with Crippen LogP contribution in [0.15, 0.2) is 35.3 Å². The van der Waals surface area contributed by atoms with Gasteiger partial charge in [0.25, 0.3) is 0 Å². The second kappa shape index (κ2) is 8.90. The van der Waals surface area contributed by atoms with Gasteiger partial charge in [0.1, 0.15) is 24.5 Å². The molecule has 0 unspecified atom stereocenters. The van der Waals surface area contributed by atoms with E-state index in [-0.39, 0.29) is 11.3 Å². The zero-order valence-electron chi connectivity index (χ0n) is 16.9. The summed E-state index contributed by atoms with van der Waals surface area (Å²) in [5, 5.41) is 9.85. The number of halogens is 1. The second-order valence-electron chi connectivity index (χ2n) is 7.35. The average molecular weight is 414 g/mol. The molecule has 0 radical (unpaired) electrons. The van der Waals surface area contributed by atoms with Crippen LogP contribution < -0.4 is 10.0 Å². The molecule has 0 spiro atoms. The number of rotatable bonds is 7. The third-order valence-corrected chi connectivity index (χ3v) is 6.30. The Bertz CT molecular complexity index is 1040. The van der Waals surface area contributed by atoms with Gasteiger partial charge in [0.2, 0.25) is 0 Å². The Labute approximate surface area is 170 Å². The van der Waals surface area contributed by atoms with Crippen molar-refractivity contribution in [2.24, 2.45) is 4.99 Å². The van der Waals surface area contributed by atoms with Gasteiger partial charge in [0.05, 0.1) is 11.6 Å². The van der Waals surface area contributed by atoms with E-state index < -0.39 is 13.0 Å². The first kappa shape index (κ1) is 21.2. The number of nitriles is 1. The van der Waals surface area contributed by atoms with Crippen molar-refractivity contribution in [2.75, 3.05) is 33.6 Å². The molecule has 0 atom stereocenters. The van der Waals surface area contributed by atoms with E-state index in [2.05, 4.69) is 0 Å². The summed E-state index contributed by atoms with van der Waals surface area (Å²) in [6.07, 6.45) is 2.27. The van der Waals surface area contributed by atoms with E-state index in [1.165, 1.54) is 12.1 Å². The van der Waals surface area contributed by atoms with Crippen LogP contribution in [0.1, 0.15) is 29.5 Å². The minimum absolute atomic E-state index is 0.195. The smallest absolute Gasteiger partial charge is 0.131 e. The van der Waals surface area contributed by atoms with Gasteiger partial charge in [-0.25, -0.2) is 4.39 Å². The maximum atomic E-state index is 13.8. The van der Waals surface area contributed by atoms with Crippen LogP contribution in [-0.2, 0) is 15.7 Å². The number of ether oxygens (including phenoxy) is 2. The lowest BCUT2D eigenvalue weighted by Crippen LogP contribution is -2.15. The summed E-state index contributed by atoms with van der Waals surface area (Å²) in [5.74, 6) is 0.311. The molecule has 0 heterocycles. The predicted octanol–water partition coefficient (Wildman–Crippen LogP) is 4.51. The summed E-state index contributed by atoms with van der Waals surface area (Å²) in [5.41, 5.74) is 2.95. The van der Waals surface area contributed by atoms with Crippen LogP contribution in [0, 0.1) is 17.1 Å². The maximum absolute atomic E-state index is 13.8. The maximum Gasteiger partial charge on any atom is 0.131 e. The van der Waals surface area contributed by atoms with Crippen LogP contribution in [0.5, 0.6) is 11.5 Å². The van der Waals surface area contributed by atoms with Crippen molar-refractivity contribution in [3.8, 4) is 17.6 Å². The molecule has 0 N–H and O–H groups in total. The lowest BCUT2D eigenvalue weighted by molar-refractivity contribution is 0.197. The Balaban J connectivity index is 2.02. The lowest BCUT2D eigenvalue weighted by atomic mass is 10.1. The summed E-state index contributed by atoms with van der Waals surface area (Å²) < 4.78 is 37.7. The molecular formula is C22H24FN2O3P. The van der Waals surface area contributed by atoms with Gasteiger partial charge in [-0.1, -0.05) is 0 Å². The fourth-order valence-electron chi connectivity index (χ4n) is 3.49. The van der Waals surface area contributed by atoms with Gasteiger partial charge in [0.15, 0.2) is 0 Å². The Kier molecular flexibility index (Phi) is 6.52. The molecule has 0 saturated carbocycles. The minimum Gasteiger partial charge on any atom is -0.457 e. The van der Waals surface area contributed by atoms with Crippen LogP contribution in [0.3, 0.4) is 0 Å². The third kappa shape index (κ3) is 4.93. The first-order chi connectivity index (χ1) is 13.8. The van der Waals surface area contributed by atoms with Crippen molar-refractivity contribution in [1.82, 2.24) is 0 Å². The molecule has 3 rings (SSSR count). The molecule has 29 heavy (non-hydrogen) atoms. The summed E-state index contributed by atoms with van der Waals surface area (Å²) >= 11 is 0. The molecule has 2 aromatic carbocycles. The van der Waals surface area contributed by atoms with Crippen molar-refractivity contribution in [2.45, 2.75) is 19.3 Å². The van der Waals surface area contributed by atoms with Gasteiger partial charge in [0, 0.05) is 48.5 Å². The zero-order valence-corrected chi connectivity index (χ0v) is 17.8. The molecule has 0 bridgehead atoms. The van der Waals surface area contributed by atoms with E-state index in [9.17, 15) is 8.96 Å². The molecule has 1 aliphatic rings. The van der Waals surface area contributed by atoms with Crippen molar-refractivity contribution < 1.29 is 18.4 Å². The number of hydrogen-bond donors (Lipinski definition) is 0. The summed E-state index contributed by atoms with van der Waals surface area (Å²) in [6, 6.07) is 9.44. The Morgan fingerprint density at radius 1 is 1.24 bits per heavy atom. The number of fused-ring (bicyclic) bond motifs is 1. The highest BCUT2D eigenvalue weighted by molar-refractivity contribution is 7.70. The number of aliphatic imine (C=N–C) groups is 1. The first-order valence-corrected chi connectivity index (χ1v) is 12.1. The highest BCUT2D eigenvalue weighted by Gasteiger charge is 2.29. The lowest BCUT2D eigenvalue weighted by Gasteiger charge is -2.17. The fourth-order valence-corrected chi connectivity index (χ4v) is 4.73. The summed E-state index contributed by atoms with van der Waals surface area (Å²) in [6.45, 7) is 4.77. The molecule has 2 aromatic rings. The normalized spacial score (nSPS) is 14.7. The molecule has 0 fully saturated rings. The quantitative estimate of drug-likeness (QED) is 0.494. The van der Waals surface area contributed by atoms with Crippen molar-refractivity contribution >= 4 is 18.2 Å². The van der Waals surface area contributed by atoms with E-state index in [4.69, 9.17) is 19.7 Å². The van der Waals surface area contributed by atoms with Crippen molar-refractivity contribution in [3.05, 3.63) is 52.8 Å². The Morgan fingerprint density at radius 2 is 2.03 bits per heavy atom. The molecule has 0 amide bonds. The number of methoxy groups -OCH3 is 1. The monoisotopic (exact) mass is 414 g/mol. The molecule has 0 aliphatic heterocycles. The molecule has 0 aromatic heterocycles. The first-order valence-electron chi connectivity index (χ1n) is 9.46. The SMILES string of the molecule is COCCC/N=C1/CCc2c(Oc3cc(F)cc(C#N)c3)ccc(P(C)(C)=O)c21. The van der Waals surface area contributed by atoms with Gasteiger partial charge < -0.3 is 14.0 Å². The zero-order chi connectivity index (χ0) is 21.0. The van der Waals surface area contributed by atoms with E-state index in [1.807, 2.05) is 12.1 Å². The number of nitrogens with zero attached hydrogens (tertiary/aromatic N) is 2. The highest BCUT2D eigenvalue weighted by Crippen LogP contribution is 2.42. The standard InChI is InChI=1S/C22H24FN2O3P/c1-27-10-4-9-25-19-6-5-18-20(7-8-21(22(18)19)29(2,3)26)28-17-12-15(14-24)11-16(23)13-17/h7-8,11-13H,4-6,9-10H2,1-3H3/b25-19-. The van der Waals surface area contributed by atoms with E-state index >= 15 is 0 Å². The Hall–Kier alpha value is -2.48. The van der Waals surface area contributed by atoms with Crippen LogP contribution >= 0.6 is 7.14 Å². The van der Waals surface area contributed by atoms with Crippen LogP contribution in [0.2, 0.25) is 0 Å². The van der Waals surface area contributed by atoms with Gasteiger partial charge in [-0.05, 0) is 56.9 Å². The molecule has 5 nitrogen and oxygen atoms in total. The number of hydrogen-bond acceptors (Lipinski definition) is 5. The predicted molar refractivity (Wildman–Crippen MR) is 113 cm³/mol. The topological polar surface area (TPSA) is 71.7 Å². The molecule has 152 valence electrons. The summed E-state index contributed by atoms with van der Waals surface area (Å²) in [7, 11) is -0.867. The highest BCUT2D eigenvalue weighted by atomic mass is 31.2. The van der Waals surface area contributed by atoms with Gasteiger partial charge >= 0.3 is 0 Å². The summed E-state index contributed by atoms with van der Waals surface area (Å²) in [4.78, 5) is 4.72. The number of benzene rings is 2. The van der Waals surface area contributed by atoms with E-state index in [0.29, 0.717) is 25.3 Å². The molecular weight excluding hydrogens is 390 g/mol. The van der Waals surface area contributed by atoms with Crippen LogP contribution in [-0.4, -0.2) is 39.3 Å². The largest absolute Gasteiger partial charge is 0.457 e. The third-order valence-electron chi connectivity index (χ3n) is 4.77. The van der Waals surface area contributed by atoms with Crippen LogP contribution in [0.4, 0.5) is 4.39 Å². The minimum atomic E-state index is -2.53. The van der Waals surface area contributed by atoms with E-state index in [1.54, 1.807) is 26.5 Å². The average Bonchev–Trinajstić information content (AvgIpc) is 3.08. The molecule has 0 saturated heterocycles. The van der Waals surface area contributed by atoms with Crippen LogP contribution in [0.25, 0.3) is 0 Å². The fraction of sp³-hybridized carbons (Fsp3) is 0.364. The molecule has 7 heteroatoms. The van der Waals surface area contributed by atoms with Crippen molar-refractivity contribution in [1.29, 1.82) is 5.26 Å². The van der Waals surface area contributed by atoms with Gasteiger partial charge in [-0.2, -0.15) is 5.26 Å². The second-order valence-corrected chi connectivity index (χ2v) is 10.5. The van der Waals surface area contributed by atoms with E-state index in [0.717, 1.165) is 41.1 Å². The van der Waals surface area contributed by atoms with Gasteiger partial charge in [-0.15, -0.1) is 0 Å². The van der Waals surface area contributed by atoms with Crippen molar-refractivity contribution in [3.63, 3.8) is 0 Å². The Morgan fingerprint density at radius 3 is 2.72 bits per heavy atom.